The van der Waals surface area contributed by atoms with Crippen molar-refractivity contribution in [3.05, 3.63) is 0 Å². The predicted octanol–water partition coefficient (Wildman–Crippen LogP) is 5.52. The van der Waals surface area contributed by atoms with Gasteiger partial charge in [-0.15, -0.1) is 0 Å². The summed E-state index contributed by atoms with van der Waals surface area (Å²) in [6.07, 6.45) is 10.6. The van der Waals surface area contributed by atoms with Gasteiger partial charge < -0.3 is 0 Å². The van der Waals surface area contributed by atoms with E-state index in [4.69, 9.17) is 0 Å². The largest absolute Gasteiger partial charge is 0.0654 e. The lowest BCUT2D eigenvalue weighted by Crippen LogP contribution is -2.26. The van der Waals surface area contributed by atoms with Crippen molar-refractivity contribution in [2.75, 3.05) is 0 Å². The topological polar surface area (TPSA) is 0 Å². The van der Waals surface area contributed by atoms with Gasteiger partial charge in [0.2, 0.25) is 0 Å². The van der Waals surface area contributed by atoms with Crippen molar-refractivity contribution in [3.8, 4) is 0 Å². The second kappa shape index (κ2) is 4.53. The molecule has 0 amide bonds. The molecule has 0 aromatic rings. The molecule has 0 heterocycles. The zero-order valence-electron chi connectivity index (χ0n) is 12.9. The highest BCUT2D eigenvalue weighted by molar-refractivity contribution is 5.09. The van der Waals surface area contributed by atoms with Crippen LogP contribution < -0.4 is 0 Å². The predicted molar refractivity (Wildman–Crippen MR) is 78.4 cm³/mol. The van der Waals surface area contributed by atoms with Gasteiger partial charge >= 0.3 is 0 Å². The van der Waals surface area contributed by atoms with Crippen LogP contribution in [0.15, 0.2) is 0 Å². The van der Waals surface area contributed by atoms with Gasteiger partial charge in [-0.1, -0.05) is 47.0 Å². The van der Waals surface area contributed by atoms with E-state index in [1.807, 2.05) is 0 Å². The number of hydrogen-bond acceptors (Lipinski definition) is 0. The molecule has 0 spiro atoms. The Morgan fingerprint density at radius 3 is 2.56 bits per heavy atom. The molecule has 0 saturated heterocycles. The van der Waals surface area contributed by atoms with Gasteiger partial charge in [-0.2, -0.15) is 0 Å². The molecule has 104 valence electrons. The van der Waals surface area contributed by atoms with E-state index >= 15 is 0 Å². The fourth-order valence-electron chi connectivity index (χ4n) is 6.66. The molecule has 3 rings (SSSR count). The molecular formula is C18H32. The van der Waals surface area contributed by atoms with E-state index in [2.05, 4.69) is 27.7 Å². The minimum atomic E-state index is 0.732. The third-order valence-corrected chi connectivity index (χ3v) is 7.39. The fourth-order valence-corrected chi connectivity index (χ4v) is 6.66. The third-order valence-electron chi connectivity index (χ3n) is 7.39. The lowest BCUT2D eigenvalue weighted by molar-refractivity contribution is 0.151. The van der Waals surface area contributed by atoms with Crippen molar-refractivity contribution >= 4 is 0 Å². The van der Waals surface area contributed by atoms with E-state index < -0.39 is 0 Å². The molecule has 0 bridgehead atoms. The smallest absolute Gasteiger partial charge is 0.0264 e. The van der Waals surface area contributed by atoms with Gasteiger partial charge in [0.15, 0.2) is 0 Å². The molecule has 0 aromatic carbocycles. The van der Waals surface area contributed by atoms with Crippen LogP contribution in [-0.2, 0) is 0 Å². The zero-order chi connectivity index (χ0) is 12.9. The summed E-state index contributed by atoms with van der Waals surface area (Å²) in [5.74, 6) is 6.44. The van der Waals surface area contributed by atoms with Crippen LogP contribution in [0.2, 0.25) is 0 Å². The Bertz CT molecular complexity index is 307. The summed E-state index contributed by atoms with van der Waals surface area (Å²) in [7, 11) is 0. The van der Waals surface area contributed by atoms with Crippen LogP contribution in [0.1, 0.15) is 72.6 Å². The monoisotopic (exact) mass is 248 g/mol. The first-order chi connectivity index (χ1) is 8.61. The zero-order valence-corrected chi connectivity index (χ0v) is 12.9. The van der Waals surface area contributed by atoms with Gasteiger partial charge in [0.05, 0.1) is 0 Å². The summed E-state index contributed by atoms with van der Waals surface area (Å²) < 4.78 is 0. The maximum absolute atomic E-state index is 2.66. The van der Waals surface area contributed by atoms with E-state index in [1.54, 1.807) is 19.3 Å². The summed E-state index contributed by atoms with van der Waals surface area (Å²) in [6, 6.07) is 0. The average Bonchev–Trinajstić information content (AvgIpc) is 2.89. The lowest BCUT2D eigenvalue weighted by atomic mass is 9.71. The number of rotatable bonds is 3. The van der Waals surface area contributed by atoms with Crippen LogP contribution in [-0.4, -0.2) is 0 Å². The maximum Gasteiger partial charge on any atom is -0.0264 e. The minimum absolute atomic E-state index is 0.732. The van der Waals surface area contributed by atoms with Crippen molar-refractivity contribution < 1.29 is 0 Å². The van der Waals surface area contributed by atoms with Gasteiger partial charge in [-0.25, -0.2) is 0 Å². The average molecular weight is 248 g/mol. The molecule has 3 aliphatic carbocycles. The first kappa shape index (κ1) is 13.0. The summed E-state index contributed by atoms with van der Waals surface area (Å²) in [5.41, 5.74) is 0.732. The molecule has 0 aromatic heterocycles. The van der Waals surface area contributed by atoms with Gasteiger partial charge in [-0.3, -0.25) is 0 Å². The summed E-state index contributed by atoms with van der Waals surface area (Å²) >= 11 is 0. The molecule has 0 N–H and O–H groups in total. The standard InChI is InChI=1S/C18H32/c1-5-7-14-12(3)10-15-16(14)11-18(4)13(6-2)8-9-17(15)18/h12-17H,5-11H2,1-4H3. The van der Waals surface area contributed by atoms with Gasteiger partial charge in [0.1, 0.15) is 0 Å². The first-order valence-corrected chi connectivity index (χ1v) is 8.61. The van der Waals surface area contributed by atoms with E-state index in [0.29, 0.717) is 0 Å². The normalized spacial score (nSPS) is 54.7. The Morgan fingerprint density at radius 2 is 1.89 bits per heavy atom. The summed E-state index contributed by atoms with van der Waals surface area (Å²) in [5, 5.41) is 0. The molecule has 0 nitrogen and oxygen atoms in total. The van der Waals surface area contributed by atoms with Gasteiger partial charge in [0.25, 0.3) is 0 Å². The van der Waals surface area contributed by atoms with E-state index in [1.165, 1.54) is 25.7 Å². The lowest BCUT2D eigenvalue weighted by Gasteiger charge is -2.34. The molecule has 7 atom stereocenters. The Labute approximate surface area is 114 Å². The van der Waals surface area contributed by atoms with Crippen LogP contribution in [0, 0.1) is 40.9 Å². The second-order valence-corrected chi connectivity index (χ2v) is 7.99. The summed E-state index contributed by atoms with van der Waals surface area (Å²) in [4.78, 5) is 0. The van der Waals surface area contributed by atoms with Gasteiger partial charge in [0, 0.05) is 0 Å². The maximum atomic E-state index is 2.66. The van der Waals surface area contributed by atoms with Crippen molar-refractivity contribution in [2.45, 2.75) is 72.6 Å². The van der Waals surface area contributed by atoms with E-state index in [0.717, 1.165) is 40.9 Å². The minimum Gasteiger partial charge on any atom is -0.0654 e. The van der Waals surface area contributed by atoms with Crippen molar-refractivity contribution in [2.24, 2.45) is 40.9 Å². The number of hydrogen-bond donors (Lipinski definition) is 0. The van der Waals surface area contributed by atoms with Crippen LogP contribution in [0.3, 0.4) is 0 Å². The quantitative estimate of drug-likeness (QED) is 0.617. The Hall–Kier alpha value is 0. The van der Waals surface area contributed by atoms with E-state index in [9.17, 15) is 0 Å². The van der Waals surface area contributed by atoms with Crippen LogP contribution in [0.25, 0.3) is 0 Å². The van der Waals surface area contributed by atoms with Gasteiger partial charge in [-0.05, 0) is 66.6 Å². The van der Waals surface area contributed by atoms with Crippen molar-refractivity contribution in [1.82, 2.24) is 0 Å². The highest BCUT2D eigenvalue weighted by Crippen LogP contribution is 2.68. The molecule has 7 unspecified atom stereocenters. The highest BCUT2D eigenvalue weighted by atomic mass is 14.6. The Morgan fingerprint density at radius 1 is 1.11 bits per heavy atom. The molecule has 0 radical (unpaired) electrons. The second-order valence-electron chi connectivity index (χ2n) is 7.99. The Balaban J connectivity index is 1.82. The molecule has 18 heavy (non-hydrogen) atoms. The van der Waals surface area contributed by atoms with E-state index in [-0.39, 0.29) is 0 Å². The fraction of sp³-hybridized carbons (Fsp3) is 1.00. The molecule has 3 fully saturated rings. The Kier molecular flexibility index (Phi) is 3.27. The highest BCUT2D eigenvalue weighted by Gasteiger charge is 2.60. The first-order valence-electron chi connectivity index (χ1n) is 8.61. The van der Waals surface area contributed by atoms with Crippen LogP contribution in [0.4, 0.5) is 0 Å². The van der Waals surface area contributed by atoms with Crippen molar-refractivity contribution in [1.29, 1.82) is 0 Å². The molecule has 0 heteroatoms. The SMILES string of the molecule is CCCC1C(C)CC2C1CC1(C)C(CC)CCC21. The third kappa shape index (κ3) is 1.63. The molecule has 0 aliphatic heterocycles. The molecular weight excluding hydrogens is 216 g/mol. The molecule has 3 aliphatic rings. The summed E-state index contributed by atoms with van der Waals surface area (Å²) in [6.45, 7) is 10.0. The van der Waals surface area contributed by atoms with Crippen LogP contribution in [0.5, 0.6) is 0 Å². The number of fused-ring (bicyclic) bond motifs is 3. The van der Waals surface area contributed by atoms with Crippen LogP contribution >= 0.6 is 0 Å². The van der Waals surface area contributed by atoms with Crippen molar-refractivity contribution in [3.63, 3.8) is 0 Å². The molecule has 3 saturated carbocycles.